The zero-order valence-electron chi connectivity index (χ0n) is 11.9. The number of imide groups is 1. The summed E-state index contributed by atoms with van der Waals surface area (Å²) in [4.78, 5) is 41.5. The fourth-order valence-corrected chi connectivity index (χ4v) is 2.52. The van der Waals surface area contributed by atoms with Crippen LogP contribution in [0.4, 0.5) is 4.39 Å². The lowest BCUT2D eigenvalue weighted by molar-refractivity contribution is -0.0589. The highest BCUT2D eigenvalue weighted by Crippen LogP contribution is 2.37. The SMILES string of the molecule is O=C(ON1C(=O)c2ccccc2C1=O)c1c(F)ccc2c1OCO2. The first-order valence-corrected chi connectivity index (χ1v) is 6.86. The largest absolute Gasteiger partial charge is 0.454 e. The summed E-state index contributed by atoms with van der Waals surface area (Å²) in [6.45, 7) is -0.175. The topological polar surface area (TPSA) is 82.1 Å². The number of fused-ring (bicyclic) bond motifs is 2. The molecule has 0 bridgehead atoms. The monoisotopic (exact) mass is 329 g/mol. The Morgan fingerprint density at radius 1 is 1.04 bits per heavy atom. The molecule has 0 saturated carbocycles. The quantitative estimate of drug-likeness (QED) is 0.783. The zero-order valence-corrected chi connectivity index (χ0v) is 11.9. The Hall–Kier alpha value is -3.42. The Balaban J connectivity index is 1.66. The van der Waals surface area contributed by atoms with Gasteiger partial charge in [-0.05, 0) is 24.3 Å². The van der Waals surface area contributed by atoms with Gasteiger partial charge in [0.25, 0.3) is 11.8 Å². The van der Waals surface area contributed by atoms with E-state index in [0.29, 0.717) is 5.06 Å². The molecular weight excluding hydrogens is 321 g/mol. The predicted molar refractivity (Wildman–Crippen MR) is 74.9 cm³/mol. The molecule has 24 heavy (non-hydrogen) atoms. The van der Waals surface area contributed by atoms with Crippen molar-refractivity contribution in [1.82, 2.24) is 5.06 Å². The maximum atomic E-state index is 14.0. The van der Waals surface area contributed by atoms with Crippen LogP contribution in [0.5, 0.6) is 11.5 Å². The van der Waals surface area contributed by atoms with Crippen LogP contribution in [0.1, 0.15) is 31.1 Å². The van der Waals surface area contributed by atoms with Gasteiger partial charge in [0.1, 0.15) is 11.4 Å². The molecule has 2 aliphatic heterocycles. The predicted octanol–water partition coefficient (Wildman–Crippen LogP) is 1.92. The molecule has 0 unspecified atom stereocenters. The van der Waals surface area contributed by atoms with Gasteiger partial charge in [0.2, 0.25) is 6.79 Å². The summed E-state index contributed by atoms with van der Waals surface area (Å²) in [5.74, 6) is -3.70. The zero-order chi connectivity index (χ0) is 16.8. The molecule has 0 atom stereocenters. The molecule has 2 aromatic rings. The van der Waals surface area contributed by atoms with Crippen molar-refractivity contribution < 1.29 is 33.1 Å². The van der Waals surface area contributed by atoms with Gasteiger partial charge in [0.15, 0.2) is 11.5 Å². The van der Waals surface area contributed by atoms with Crippen molar-refractivity contribution in [3.63, 3.8) is 0 Å². The molecule has 2 aliphatic rings. The number of hydroxylamine groups is 2. The highest BCUT2D eigenvalue weighted by Gasteiger charge is 2.40. The molecular formula is C16H8FNO6. The number of ether oxygens (including phenoxy) is 2. The first kappa shape index (κ1) is 14.2. The van der Waals surface area contributed by atoms with Crippen LogP contribution in [0, 0.1) is 5.82 Å². The molecule has 2 aromatic carbocycles. The van der Waals surface area contributed by atoms with Crippen LogP contribution in [0.25, 0.3) is 0 Å². The summed E-state index contributed by atoms with van der Waals surface area (Å²) in [5.41, 5.74) is -0.330. The van der Waals surface area contributed by atoms with E-state index in [0.717, 1.165) is 6.07 Å². The molecule has 0 aliphatic carbocycles. The number of rotatable bonds is 2. The lowest BCUT2D eigenvalue weighted by atomic mass is 10.1. The molecule has 4 rings (SSSR count). The molecule has 2 amide bonds. The fourth-order valence-electron chi connectivity index (χ4n) is 2.52. The van der Waals surface area contributed by atoms with Crippen molar-refractivity contribution in [1.29, 1.82) is 0 Å². The van der Waals surface area contributed by atoms with Crippen LogP contribution in [-0.2, 0) is 4.84 Å². The van der Waals surface area contributed by atoms with Crippen molar-refractivity contribution in [2.24, 2.45) is 0 Å². The van der Waals surface area contributed by atoms with Gasteiger partial charge in [-0.3, -0.25) is 9.59 Å². The van der Waals surface area contributed by atoms with E-state index in [1.165, 1.54) is 18.2 Å². The molecule has 0 fully saturated rings. The maximum absolute atomic E-state index is 14.0. The van der Waals surface area contributed by atoms with Crippen LogP contribution in [-0.4, -0.2) is 29.6 Å². The molecule has 0 aromatic heterocycles. The summed E-state index contributed by atoms with van der Waals surface area (Å²) in [6.07, 6.45) is 0. The van der Waals surface area contributed by atoms with Gasteiger partial charge in [-0.1, -0.05) is 17.2 Å². The third kappa shape index (κ3) is 1.93. The standard InChI is InChI=1S/C16H8FNO6/c17-10-5-6-11-13(23-7-22-11)12(10)16(21)24-18-14(19)8-3-1-2-4-9(8)15(18)20/h1-6H,7H2. The molecule has 2 heterocycles. The third-order valence-electron chi connectivity index (χ3n) is 3.62. The number of nitrogens with zero attached hydrogens (tertiary/aromatic N) is 1. The minimum Gasteiger partial charge on any atom is -0.454 e. The van der Waals surface area contributed by atoms with Gasteiger partial charge >= 0.3 is 5.97 Å². The lowest BCUT2D eigenvalue weighted by Gasteiger charge is -2.13. The number of hydrogen-bond donors (Lipinski definition) is 0. The first-order valence-electron chi connectivity index (χ1n) is 6.86. The Kier molecular flexibility index (Phi) is 2.99. The second kappa shape index (κ2) is 5.05. The number of carbonyl (C=O) groups is 3. The average Bonchev–Trinajstić information content (AvgIpc) is 3.14. The van der Waals surface area contributed by atoms with E-state index in [4.69, 9.17) is 14.3 Å². The smallest absolute Gasteiger partial charge is 0.370 e. The summed E-state index contributed by atoms with van der Waals surface area (Å²) in [7, 11) is 0. The van der Waals surface area contributed by atoms with E-state index in [1.54, 1.807) is 12.1 Å². The number of carbonyl (C=O) groups excluding carboxylic acids is 3. The van der Waals surface area contributed by atoms with Crippen molar-refractivity contribution in [3.05, 3.63) is 58.9 Å². The van der Waals surface area contributed by atoms with Crippen molar-refractivity contribution >= 4 is 17.8 Å². The first-order chi connectivity index (χ1) is 11.6. The molecule has 0 spiro atoms. The van der Waals surface area contributed by atoms with E-state index in [-0.39, 0.29) is 29.4 Å². The summed E-state index contributed by atoms with van der Waals surface area (Å²) in [5, 5.41) is 0.307. The molecule has 0 radical (unpaired) electrons. The van der Waals surface area contributed by atoms with Gasteiger partial charge in [-0.25, -0.2) is 9.18 Å². The van der Waals surface area contributed by atoms with Crippen LogP contribution >= 0.6 is 0 Å². The average molecular weight is 329 g/mol. The molecule has 8 heteroatoms. The summed E-state index contributed by atoms with van der Waals surface area (Å²) < 4.78 is 24.1. The Morgan fingerprint density at radius 3 is 2.38 bits per heavy atom. The van der Waals surface area contributed by atoms with E-state index in [1.807, 2.05) is 0 Å². The highest BCUT2D eigenvalue weighted by molar-refractivity contribution is 6.21. The van der Waals surface area contributed by atoms with Gasteiger partial charge in [-0.15, -0.1) is 0 Å². The summed E-state index contributed by atoms with van der Waals surface area (Å²) >= 11 is 0. The highest BCUT2D eigenvalue weighted by atomic mass is 19.1. The lowest BCUT2D eigenvalue weighted by Crippen LogP contribution is -2.33. The van der Waals surface area contributed by atoms with Gasteiger partial charge in [-0.2, -0.15) is 0 Å². The van der Waals surface area contributed by atoms with Gasteiger partial charge in [0.05, 0.1) is 11.1 Å². The van der Waals surface area contributed by atoms with Crippen LogP contribution in [0.3, 0.4) is 0 Å². The van der Waals surface area contributed by atoms with Crippen LogP contribution in [0.15, 0.2) is 36.4 Å². The second-order valence-corrected chi connectivity index (χ2v) is 4.99. The second-order valence-electron chi connectivity index (χ2n) is 4.99. The Labute approximate surface area is 134 Å². The van der Waals surface area contributed by atoms with E-state index < -0.39 is 29.2 Å². The Bertz CT molecular complexity index is 874. The minimum atomic E-state index is -1.23. The molecule has 0 saturated heterocycles. The summed E-state index contributed by atoms with van der Waals surface area (Å²) in [6, 6.07) is 8.32. The van der Waals surface area contributed by atoms with Crippen LogP contribution in [0.2, 0.25) is 0 Å². The van der Waals surface area contributed by atoms with Crippen molar-refractivity contribution in [2.45, 2.75) is 0 Å². The number of benzene rings is 2. The normalized spacial score (nSPS) is 14.8. The number of amides is 2. The van der Waals surface area contributed by atoms with Crippen molar-refractivity contribution in [3.8, 4) is 11.5 Å². The Morgan fingerprint density at radius 2 is 1.71 bits per heavy atom. The van der Waals surface area contributed by atoms with Gasteiger partial charge in [0, 0.05) is 0 Å². The molecule has 120 valence electrons. The van der Waals surface area contributed by atoms with Gasteiger partial charge < -0.3 is 14.3 Å². The van der Waals surface area contributed by atoms with E-state index in [9.17, 15) is 18.8 Å². The molecule has 7 nitrogen and oxygen atoms in total. The van der Waals surface area contributed by atoms with E-state index >= 15 is 0 Å². The third-order valence-corrected chi connectivity index (χ3v) is 3.62. The number of hydrogen-bond acceptors (Lipinski definition) is 6. The minimum absolute atomic E-state index is 0.105. The number of halogens is 1. The maximum Gasteiger partial charge on any atom is 0.370 e. The van der Waals surface area contributed by atoms with E-state index in [2.05, 4.69) is 0 Å². The fraction of sp³-hybridized carbons (Fsp3) is 0.0625. The molecule has 0 N–H and O–H groups in total. The van der Waals surface area contributed by atoms with Crippen LogP contribution < -0.4 is 9.47 Å². The van der Waals surface area contributed by atoms with Crippen molar-refractivity contribution in [2.75, 3.05) is 6.79 Å².